The lowest BCUT2D eigenvalue weighted by molar-refractivity contribution is -0.186. The third-order valence-electron chi connectivity index (χ3n) is 2.48. The van der Waals surface area contributed by atoms with Crippen LogP contribution in [0.4, 0.5) is 13.2 Å². The van der Waals surface area contributed by atoms with Crippen LogP contribution in [0.3, 0.4) is 0 Å². The van der Waals surface area contributed by atoms with Crippen molar-refractivity contribution >= 4 is 5.97 Å². The molecule has 0 spiro atoms. The molecule has 0 radical (unpaired) electrons. The van der Waals surface area contributed by atoms with Crippen LogP contribution in [0.1, 0.15) is 25.7 Å². The van der Waals surface area contributed by atoms with E-state index in [9.17, 15) is 18.0 Å². The predicted octanol–water partition coefficient (Wildman–Crippen LogP) is 1.97. The molecule has 0 N–H and O–H groups in total. The fraction of sp³-hybridized carbons (Fsp3) is 0.900. The first kappa shape index (κ1) is 13.3. The molecule has 16 heavy (non-hydrogen) atoms. The second-order valence-electron chi connectivity index (χ2n) is 3.93. The van der Waals surface area contributed by atoms with Crippen LogP contribution >= 0.6 is 0 Å². The summed E-state index contributed by atoms with van der Waals surface area (Å²) in [5, 5.41) is 0. The van der Waals surface area contributed by atoms with Crippen LogP contribution in [0.25, 0.3) is 0 Å². The Balaban J connectivity index is 2.09. The maximum atomic E-state index is 11.7. The predicted molar refractivity (Wildman–Crippen MR) is 51.9 cm³/mol. The smallest absolute Gasteiger partial charge is 0.422 e. The first-order valence-corrected chi connectivity index (χ1v) is 5.42. The number of carbonyl (C=O) groups is 1. The number of rotatable bonds is 4. The first-order chi connectivity index (χ1) is 7.47. The monoisotopic (exact) mass is 239 g/mol. The van der Waals surface area contributed by atoms with Crippen molar-refractivity contribution in [2.45, 2.75) is 31.9 Å². The summed E-state index contributed by atoms with van der Waals surface area (Å²) >= 11 is 0. The maximum Gasteiger partial charge on any atom is 0.422 e. The number of nitrogens with zero attached hydrogens (tertiary/aromatic N) is 1. The van der Waals surface area contributed by atoms with Crippen LogP contribution in [-0.2, 0) is 9.53 Å². The number of alkyl halides is 3. The summed E-state index contributed by atoms with van der Waals surface area (Å²) < 4.78 is 39.3. The third-order valence-corrected chi connectivity index (χ3v) is 2.48. The van der Waals surface area contributed by atoms with E-state index < -0.39 is 18.8 Å². The minimum absolute atomic E-state index is 0.0378. The zero-order valence-corrected chi connectivity index (χ0v) is 9.05. The van der Waals surface area contributed by atoms with Crippen molar-refractivity contribution in [1.82, 2.24) is 4.90 Å². The molecule has 3 nitrogen and oxygen atoms in total. The number of hydrogen-bond acceptors (Lipinski definition) is 3. The fourth-order valence-corrected chi connectivity index (χ4v) is 1.67. The molecule has 0 aromatic rings. The van der Waals surface area contributed by atoms with Gasteiger partial charge in [-0.05, 0) is 25.9 Å². The summed E-state index contributed by atoms with van der Waals surface area (Å²) in [6, 6.07) is 0. The second kappa shape index (κ2) is 6.08. The average molecular weight is 239 g/mol. The number of carbonyl (C=O) groups excluding carboxylic acids is 1. The first-order valence-electron chi connectivity index (χ1n) is 5.42. The van der Waals surface area contributed by atoms with E-state index >= 15 is 0 Å². The molecule has 0 amide bonds. The molecule has 1 aliphatic rings. The SMILES string of the molecule is O=C(CCN1CCCCC1)OCC(F)(F)F. The summed E-state index contributed by atoms with van der Waals surface area (Å²) in [5.41, 5.74) is 0. The van der Waals surface area contributed by atoms with Gasteiger partial charge in [0, 0.05) is 6.54 Å². The molecule has 1 rings (SSSR count). The van der Waals surface area contributed by atoms with E-state index in [-0.39, 0.29) is 6.42 Å². The van der Waals surface area contributed by atoms with E-state index in [1.54, 1.807) is 0 Å². The molecule has 0 bridgehead atoms. The van der Waals surface area contributed by atoms with Crippen molar-refractivity contribution in [2.75, 3.05) is 26.2 Å². The summed E-state index contributed by atoms with van der Waals surface area (Å²) in [5.74, 6) is -0.775. The molecule has 0 atom stereocenters. The second-order valence-corrected chi connectivity index (χ2v) is 3.93. The van der Waals surface area contributed by atoms with Crippen LogP contribution in [0.5, 0.6) is 0 Å². The molecule has 0 unspecified atom stereocenters. The van der Waals surface area contributed by atoms with Crippen molar-refractivity contribution in [2.24, 2.45) is 0 Å². The summed E-state index contributed by atoms with van der Waals surface area (Å²) in [7, 11) is 0. The molecule has 1 heterocycles. The Labute approximate surface area is 92.5 Å². The third kappa shape index (κ3) is 5.95. The summed E-state index contributed by atoms with van der Waals surface area (Å²) in [4.78, 5) is 13.1. The molecule has 94 valence electrons. The summed E-state index contributed by atoms with van der Waals surface area (Å²) in [6.07, 6.45) is -1.01. The molecule has 1 fully saturated rings. The zero-order chi connectivity index (χ0) is 12.0. The molecule has 6 heteroatoms. The van der Waals surface area contributed by atoms with Gasteiger partial charge in [0.25, 0.3) is 0 Å². The standard InChI is InChI=1S/C10H16F3NO2/c11-10(12,13)8-16-9(15)4-7-14-5-2-1-3-6-14/h1-8H2. The Morgan fingerprint density at radius 2 is 1.81 bits per heavy atom. The van der Waals surface area contributed by atoms with Gasteiger partial charge >= 0.3 is 12.1 Å². The Morgan fingerprint density at radius 1 is 1.19 bits per heavy atom. The van der Waals surface area contributed by atoms with E-state index in [1.165, 1.54) is 6.42 Å². The Hall–Kier alpha value is -0.780. The van der Waals surface area contributed by atoms with Gasteiger partial charge in [0.15, 0.2) is 6.61 Å². The van der Waals surface area contributed by atoms with Crippen molar-refractivity contribution in [3.63, 3.8) is 0 Å². The van der Waals surface area contributed by atoms with Gasteiger partial charge in [0.05, 0.1) is 6.42 Å². The van der Waals surface area contributed by atoms with Gasteiger partial charge in [0.2, 0.25) is 0 Å². The lowest BCUT2D eigenvalue weighted by atomic mass is 10.1. The van der Waals surface area contributed by atoms with Crippen molar-refractivity contribution in [1.29, 1.82) is 0 Å². The van der Waals surface area contributed by atoms with E-state index in [0.717, 1.165) is 25.9 Å². The number of hydrogen-bond donors (Lipinski definition) is 0. The van der Waals surface area contributed by atoms with Gasteiger partial charge in [-0.2, -0.15) is 13.2 Å². The lowest BCUT2D eigenvalue weighted by Crippen LogP contribution is -2.32. The van der Waals surface area contributed by atoms with Gasteiger partial charge in [-0.15, -0.1) is 0 Å². The molecule has 1 saturated heterocycles. The Morgan fingerprint density at radius 3 is 2.38 bits per heavy atom. The van der Waals surface area contributed by atoms with Crippen LogP contribution < -0.4 is 0 Å². The minimum Gasteiger partial charge on any atom is -0.456 e. The van der Waals surface area contributed by atoms with Crippen LogP contribution in [-0.4, -0.2) is 43.3 Å². The molecule has 0 aromatic carbocycles. The van der Waals surface area contributed by atoms with Crippen LogP contribution in [0.2, 0.25) is 0 Å². The van der Waals surface area contributed by atoms with Gasteiger partial charge in [-0.3, -0.25) is 4.79 Å². The normalized spacial score (nSPS) is 18.4. The molecule has 0 aliphatic carbocycles. The van der Waals surface area contributed by atoms with Crippen molar-refractivity contribution in [3.8, 4) is 0 Å². The highest BCUT2D eigenvalue weighted by Crippen LogP contribution is 2.15. The minimum atomic E-state index is -4.43. The molecular weight excluding hydrogens is 223 g/mol. The van der Waals surface area contributed by atoms with E-state index in [1.807, 2.05) is 0 Å². The van der Waals surface area contributed by atoms with Gasteiger partial charge in [-0.1, -0.05) is 6.42 Å². The average Bonchev–Trinajstić information content (AvgIpc) is 2.24. The van der Waals surface area contributed by atoms with Crippen LogP contribution in [0, 0.1) is 0 Å². The molecule has 0 saturated carbocycles. The highest BCUT2D eigenvalue weighted by molar-refractivity contribution is 5.69. The number of esters is 1. The van der Waals surface area contributed by atoms with Crippen molar-refractivity contribution < 1.29 is 22.7 Å². The molecule has 1 aliphatic heterocycles. The number of piperidine rings is 1. The highest BCUT2D eigenvalue weighted by Gasteiger charge is 2.29. The van der Waals surface area contributed by atoms with E-state index in [2.05, 4.69) is 9.64 Å². The highest BCUT2D eigenvalue weighted by atomic mass is 19.4. The molecule has 0 aromatic heterocycles. The lowest BCUT2D eigenvalue weighted by Gasteiger charge is -2.25. The zero-order valence-electron chi connectivity index (χ0n) is 9.05. The van der Waals surface area contributed by atoms with E-state index in [0.29, 0.717) is 6.54 Å². The quantitative estimate of drug-likeness (QED) is 0.702. The van der Waals surface area contributed by atoms with Gasteiger partial charge in [0.1, 0.15) is 0 Å². The largest absolute Gasteiger partial charge is 0.456 e. The maximum absolute atomic E-state index is 11.7. The Bertz CT molecular complexity index is 225. The van der Waals surface area contributed by atoms with Gasteiger partial charge < -0.3 is 9.64 Å². The van der Waals surface area contributed by atoms with Crippen LogP contribution in [0.15, 0.2) is 0 Å². The van der Waals surface area contributed by atoms with Crippen molar-refractivity contribution in [3.05, 3.63) is 0 Å². The molecular formula is C10H16F3NO2. The topological polar surface area (TPSA) is 29.5 Å². The Kier molecular flexibility index (Phi) is 5.05. The summed E-state index contributed by atoms with van der Waals surface area (Å²) in [6.45, 7) is 0.863. The van der Waals surface area contributed by atoms with E-state index in [4.69, 9.17) is 0 Å². The number of ether oxygens (including phenoxy) is 1. The number of likely N-dealkylation sites (tertiary alicyclic amines) is 1. The fourth-order valence-electron chi connectivity index (χ4n) is 1.67. The van der Waals surface area contributed by atoms with Gasteiger partial charge in [-0.25, -0.2) is 0 Å². The number of halogens is 3.